The number of aliphatic hydroxyl groups excluding tert-OH is 1. The van der Waals surface area contributed by atoms with Crippen molar-refractivity contribution in [3.8, 4) is 0 Å². The molecule has 0 saturated carbocycles. The third-order valence-electron chi connectivity index (χ3n) is 2.97. The topological polar surface area (TPSA) is 69.6 Å². The number of aliphatic hydroxyl groups is 1. The molecule has 1 atom stereocenters. The van der Waals surface area contributed by atoms with Crippen molar-refractivity contribution >= 4 is 17.5 Å². The molecule has 1 aromatic carbocycles. The number of para-hydroxylation sites is 1. The number of hydrogen-bond donors (Lipinski definition) is 2. The van der Waals surface area contributed by atoms with Gasteiger partial charge in [0.1, 0.15) is 0 Å². The van der Waals surface area contributed by atoms with Crippen LogP contribution in [0.3, 0.4) is 0 Å². The van der Waals surface area contributed by atoms with Crippen LogP contribution in [0.5, 0.6) is 0 Å². The molecule has 5 nitrogen and oxygen atoms in total. The zero-order valence-corrected chi connectivity index (χ0v) is 10.2. The molecule has 5 heteroatoms. The Bertz CT molecular complexity index is 457. The largest absolute Gasteiger partial charge is 0.388 e. The molecule has 0 unspecified atom stereocenters. The van der Waals surface area contributed by atoms with Crippen LogP contribution in [-0.4, -0.2) is 30.0 Å². The van der Waals surface area contributed by atoms with Crippen LogP contribution in [0.25, 0.3) is 0 Å². The normalized spacial score (nSPS) is 17.6. The summed E-state index contributed by atoms with van der Waals surface area (Å²) in [5.74, 6) is -0.626. The number of piperazine rings is 1. The van der Waals surface area contributed by atoms with E-state index in [-0.39, 0.29) is 24.9 Å². The molecule has 1 heterocycles. The number of rotatable bonds is 3. The molecule has 18 heavy (non-hydrogen) atoms. The molecule has 96 valence electrons. The molecule has 1 aromatic rings. The van der Waals surface area contributed by atoms with Crippen molar-refractivity contribution in [3.05, 3.63) is 29.8 Å². The molecule has 1 fully saturated rings. The average molecular weight is 248 g/mol. The van der Waals surface area contributed by atoms with Crippen LogP contribution in [0.4, 0.5) is 5.69 Å². The molecule has 0 aliphatic carbocycles. The Hall–Kier alpha value is -1.88. The smallest absolute Gasteiger partial charge is 0.246 e. The van der Waals surface area contributed by atoms with E-state index in [1.807, 2.05) is 31.2 Å². The quantitative estimate of drug-likeness (QED) is 0.768. The van der Waals surface area contributed by atoms with E-state index in [4.69, 9.17) is 0 Å². The van der Waals surface area contributed by atoms with Gasteiger partial charge >= 0.3 is 0 Å². The number of hydrogen-bond acceptors (Lipinski definition) is 4. The third kappa shape index (κ3) is 2.51. The van der Waals surface area contributed by atoms with Crippen molar-refractivity contribution in [3.63, 3.8) is 0 Å². The highest BCUT2D eigenvalue weighted by Crippen LogP contribution is 2.28. The van der Waals surface area contributed by atoms with Crippen LogP contribution in [0.2, 0.25) is 0 Å². The van der Waals surface area contributed by atoms with E-state index in [0.717, 1.165) is 11.3 Å². The summed E-state index contributed by atoms with van der Waals surface area (Å²) in [6.07, 6.45) is 0.00615. The number of nitrogens with one attached hydrogen (secondary N) is 1. The monoisotopic (exact) mass is 248 g/mol. The summed E-state index contributed by atoms with van der Waals surface area (Å²) in [4.78, 5) is 24.4. The number of carbonyl (C=O) groups excluding carboxylic acids is 2. The lowest BCUT2D eigenvalue weighted by Gasteiger charge is -2.30. The number of amides is 2. The molecule has 2 amide bonds. The van der Waals surface area contributed by atoms with Gasteiger partial charge in [0, 0.05) is 11.3 Å². The molecule has 0 spiro atoms. The standard InChI is InChI=1S/C13H16N2O3/c1-2-11(16)9-5-3-4-6-10(9)15-7-12(17)14-13(18)8-15/h3-6,11,16H,2,7-8H2,1H3,(H,14,17,18)/t11-/m0/s1. The van der Waals surface area contributed by atoms with Crippen molar-refractivity contribution in [2.75, 3.05) is 18.0 Å². The van der Waals surface area contributed by atoms with Gasteiger partial charge in [-0.15, -0.1) is 0 Å². The lowest BCUT2D eigenvalue weighted by Crippen LogP contribution is -2.51. The number of carbonyl (C=O) groups is 2. The van der Waals surface area contributed by atoms with Crippen molar-refractivity contribution in [2.45, 2.75) is 19.4 Å². The summed E-state index contributed by atoms with van der Waals surface area (Å²) in [6, 6.07) is 7.31. The van der Waals surface area contributed by atoms with Crippen molar-refractivity contribution in [1.29, 1.82) is 0 Å². The van der Waals surface area contributed by atoms with Gasteiger partial charge < -0.3 is 10.0 Å². The second-order valence-electron chi connectivity index (χ2n) is 4.31. The van der Waals surface area contributed by atoms with Gasteiger partial charge in [-0.3, -0.25) is 14.9 Å². The molecule has 1 aliphatic heterocycles. The molecule has 2 N–H and O–H groups in total. The van der Waals surface area contributed by atoms with Crippen molar-refractivity contribution < 1.29 is 14.7 Å². The first-order valence-corrected chi connectivity index (χ1v) is 5.96. The molecular formula is C13H16N2O3. The van der Waals surface area contributed by atoms with E-state index in [1.165, 1.54) is 0 Å². The van der Waals surface area contributed by atoms with Gasteiger partial charge in [-0.2, -0.15) is 0 Å². The van der Waals surface area contributed by atoms with Gasteiger partial charge in [-0.05, 0) is 12.5 Å². The van der Waals surface area contributed by atoms with Crippen LogP contribution < -0.4 is 10.2 Å². The molecular weight excluding hydrogens is 232 g/mol. The zero-order chi connectivity index (χ0) is 13.1. The zero-order valence-electron chi connectivity index (χ0n) is 10.2. The van der Waals surface area contributed by atoms with Crippen LogP contribution >= 0.6 is 0 Å². The number of anilines is 1. The maximum Gasteiger partial charge on any atom is 0.246 e. The summed E-state index contributed by atoms with van der Waals surface area (Å²) in [6.45, 7) is 2.16. The first kappa shape index (κ1) is 12.6. The Morgan fingerprint density at radius 2 is 1.89 bits per heavy atom. The van der Waals surface area contributed by atoms with Gasteiger partial charge in [-0.25, -0.2) is 0 Å². The first-order chi connectivity index (χ1) is 8.61. The number of nitrogens with zero attached hydrogens (tertiary/aromatic N) is 1. The Morgan fingerprint density at radius 3 is 2.50 bits per heavy atom. The molecule has 2 rings (SSSR count). The van der Waals surface area contributed by atoms with Gasteiger partial charge in [0.2, 0.25) is 11.8 Å². The summed E-state index contributed by atoms with van der Waals surface area (Å²) in [7, 11) is 0. The predicted octanol–water partition coefficient (Wildman–Crippen LogP) is 0.593. The summed E-state index contributed by atoms with van der Waals surface area (Å²) in [5.41, 5.74) is 1.50. The fraction of sp³-hybridized carbons (Fsp3) is 0.385. The minimum atomic E-state index is -0.582. The van der Waals surface area contributed by atoms with Crippen LogP contribution in [0.1, 0.15) is 25.0 Å². The number of benzene rings is 1. The minimum absolute atomic E-state index is 0.138. The fourth-order valence-corrected chi connectivity index (χ4v) is 2.08. The highest BCUT2D eigenvalue weighted by molar-refractivity contribution is 6.02. The van der Waals surface area contributed by atoms with E-state index < -0.39 is 6.10 Å². The maximum atomic E-state index is 11.4. The maximum absolute atomic E-state index is 11.4. The van der Waals surface area contributed by atoms with Crippen molar-refractivity contribution in [2.24, 2.45) is 0 Å². The fourth-order valence-electron chi connectivity index (χ4n) is 2.08. The summed E-state index contributed by atoms with van der Waals surface area (Å²) >= 11 is 0. The Morgan fingerprint density at radius 1 is 1.28 bits per heavy atom. The van der Waals surface area contributed by atoms with Gasteiger partial charge in [0.25, 0.3) is 0 Å². The Kier molecular flexibility index (Phi) is 3.62. The second kappa shape index (κ2) is 5.18. The number of imide groups is 1. The van der Waals surface area contributed by atoms with Crippen LogP contribution in [0.15, 0.2) is 24.3 Å². The second-order valence-corrected chi connectivity index (χ2v) is 4.31. The van der Waals surface area contributed by atoms with Crippen molar-refractivity contribution in [1.82, 2.24) is 5.32 Å². The molecule has 1 saturated heterocycles. The SMILES string of the molecule is CC[C@H](O)c1ccccc1N1CC(=O)NC(=O)C1. The molecule has 0 aromatic heterocycles. The third-order valence-corrected chi connectivity index (χ3v) is 2.97. The minimum Gasteiger partial charge on any atom is -0.388 e. The van der Waals surface area contributed by atoms with E-state index >= 15 is 0 Å². The highest BCUT2D eigenvalue weighted by Gasteiger charge is 2.25. The van der Waals surface area contributed by atoms with Gasteiger partial charge in [0.15, 0.2) is 0 Å². The summed E-state index contributed by atoms with van der Waals surface area (Å²) in [5, 5.41) is 12.2. The van der Waals surface area contributed by atoms with Crippen LogP contribution in [0, 0.1) is 0 Å². The predicted molar refractivity (Wildman–Crippen MR) is 67.1 cm³/mol. The first-order valence-electron chi connectivity index (χ1n) is 5.96. The van der Waals surface area contributed by atoms with E-state index in [1.54, 1.807) is 4.90 Å². The van der Waals surface area contributed by atoms with Crippen LogP contribution in [-0.2, 0) is 9.59 Å². The van der Waals surface area contributed by atoms with E-state index in [2.05, 4.69) is 5.32 Å². The Balaban J connectivity index is 2.32. The Labute approximate surface area is 105 Å². The van der Waals surface area contributed by atoms with Gasteiger partial charge in [0.05, 0.1) is 19.2 Å². The lowest BCUT2D eigenvalue weighted by atomic mass is 10.0. The van der Waals surface area contributed by atoms with E-state index in [0.29, 0.717) is 6.42 Å². The molecule has 0 bridgehead atoms. The van der Waals surface area contributed by atoms with E-state index in [9.17, 15) is 14.7 Å². The lowest BCUT2D eigenvalue weighted by molar-refractivity contribution is -0.130. The highest BCUT2D eigenvalue weighted by atomic mass is 16.3. The van der Waals surface area contributed by atoms with Gasteiger partial charge in [-0.1, -0.05) is 25.1 Å². The summed E-state index contributed by atoms with van der Waals surface area (Å²) < 4.78 is 0. The molecule has 1 aliphatic rings. The molecule has 0 radical (unpaired) electrons. The average Bonchev–Trinajstić information content (AvgIpc) is 2.36.